The van der Waals surface area contributed by atoms with Crippen molar-refractivity contribution in [3.63, 3.8) is 0 Å². The molecule has 0 heterocycles. The molecular weight excluding hydrogens is 428 g/mol. The average molecular weight is 445 g/mol. The normalized spacial score (nSPS) is 3.75. The Kier molecular flexibility index (Phi) is 317. The van der Waals surface area contributed by atoms with E-state index in [1.54, 1.807) is 0 Å². The second-order valence-corrected chi connectivity index (χ2v) is 0.816. The van der Waals surface area contributed by atoms with Crippen molar-refractivity contribution in [2.75, 3.05) is 0 Å². The molecule has 0 atom stereocenters. The summed E-state index contributed by atoms with van der Waals surface area (Å²) in [6.45, 7) is 4.18. The summed E-state index contributed by atoms with van der Waals surface area (Å²) in [5.41, 5.74) is 0. The van der Waals surface area contributed by atoms with Crippen LogP contribution in [0, 0.1) is 6.42 Å². The van der Waals surface area contributed by atoms with Crippen LogP contribution in [0.15, 0.2) is 0 Å². The van der Waals surface area contributed by atoms with Crippen LogP contribution in [-0.2, 0) is 32.7 Å². The molecular formula is C6H17RfY-. The van der Waals surface area contributed by atoms with Crippen LogP contribution in [0.1, 0.15) is 35.1 Å². The van der Waals surface area contributed by atoms with E-state index in [4.69, 9.17) is 0 Å². The Bertz CT molecular complexity index is 10.5. The molecule has 8 heavy (non-hydrogen) atoms. The standard InChI is InChI=1S/C4H9.2CH4.Rf.Y/c1-3-4-2;;;;/h3H,4H2,1-2H3;2*1H4;;/q-1;;;;. The Hall–Kier alpha value is 0.104. The maximum atomic E-state index is 2.12. The van der Waals surface area contributed by atoms with E-state index in [0.29, 0.717) is 0 Å². The van der Waals surface area contributed by atoms with Crippen LogP contribution in [0.5, 0.6) is 0 Å². The molecule has 47 valence electrons. The first-order valence-electron chi connectivity index (χ1n) is 1.69. The third-order valence-corrected chi connectivity index (χ3v) is 0.408. The van der Waals surface area contributed by atoms with Gasteiger partial charge in [-0.05, 0) is 0 Å². The minimum Gasteiger partial charge on any atom is -0.332 e. The summed E-state index contributed by atoms with van der Waals surface area (Å²) in [6.07, 6.45) is 3.32. The minimum absolute atomic E-state index is 0. The van der Waals surface area contributed by atoms with Crippen LogP contribution in [0.3, 0.4) is 0 Å². The van der Waals surface area contributed by atoms with Gasteiger partial charge in [0.15, 0.2) is 0 Å². The molecule has 1 radical (unpaired) electrons. The first-order chi connectivity index (χ1) is 1.91. The molecule has 0 saturated heterocycles. The summed E-state index contributed by atoms with van der Waals surface area (Å²) in [5.74, 6) is 0. The molecule has 0 aliphatic rings. The third kappa shape index (κ3) is 130. The van der Waals surface area contributed by atoms with Gasteiger partial charge in [-0.2, -0.15) is 13.3 Å². The van der Waals surface area contributed by atoms with Crippen LogP contribution < -0.4 is 0 Å². The Morgan fingerprint density at radius 2 is 1.38 bits per heavy atom. The predicted molar refractivity (Wildman–Crippen MR) is 33.7 cm³/mol. The second kappa shape index (κ2) is 59.8. The molecule has 0 rings (SSSR count). The van der Waals surface area contributed by atoms with Gasteiger partial charge in [0.05, 0.1) is 0 Å². The van der Waals surface area contributed by atoms with Crippen molar-refractivity contribution in [2.24, 2.45) is 0 Å². The van der Waals surface area contributed by atoms with E-state index < -0.39 is 0 Å². The number of hydrogen-bond acceptors (Lipinski definition) is 0. The fourth-order valence-corrected chi connectivity index (χ4v) is 0. The fraction of sp³-hybridized carbons (Fsp3) is 0.833. The second-order valence-electron chi connectivity index (χ2n) is 0.816. The maximum Gasteiger partial charge on any atom is 0 e. The summed E-state index contributed by atoms with van der Waals surface area (Å²) in [5, 5.41) is 0. The summed E-state index contributed by atoms with van der Waals surface area (Å²) < 4.78 is 0. The molecule has 0 fully saturated rings. The molecule has 0 aliphatic heterocycles. The van der Waals surface area contributed by atoms with E-state index in [1.807, 2.05) is 0 Å². The Labute approximate surface area is 74.0 Å². The number of hydrogen-bond donors (Lipinski definition) is 0. The molecule has 2 heteroatoms. The van der Waals surface area contributed by atoms with Gasteiger partial charge in [-0.3, -0.25) is 0 Å². The van der Waals surface area contributed by atoms with Crippen molar-refractivity contribution in [1.29, 1.82) is 0 Å². The van der Waals surface area contributed by atoms with E-state index in [9.17, 15) is 0 Å². The van der Waals surface area contributed by atoms with Gasteiger partial charge in [0, 0.05) is 32.7 Å². The Balaban J connectivity index is -0.00000000750. The SMILES string of the molecule is C.C.C[CH-]CC.[Rf].[Y]. The molecule has 0 aromatic heterocycles. The summed E-state index contributed by atoms with van der Waals surface area (Å²) in [4.78, 5) is 0. The fourth-order valence-electron chi connectivity index (χ4n) is 0. The van der Waals surface area contributed by atoms with Crippen molar-refractivity contribution >= 4 is 0 Å². The largest absolute Gasteiger partial charge is 0.332 e. The molecule has 0 spiro atoms. The first kappa shape index (κ1) is 42.4. The van der Waals surface area contributed by atoms with Crippen molar-refractivity contribution in [3.8, 4) is 0 Å². The van der Waals surface area contributed by atoms with Gasteiger partial charge >= 0.3 is 0 Å². The van der Waals surface area contributed by atoms with E-state index in [0.717, 1.165) is 0 Å². The van der Waals surface area contributed by atoms with Crippen molar-refractivity contribution in [1.82, 2.24) is 0 Å². The molecule has 0 saturated carbocycles. The maximum absolute atomic E-state index is 2.12. The van der Waals surface area contributed by atoms with Gasteiger partial charge in [-0.1, -0.05) is 21.8 Å². The Morgan fingerprint density at radius 3 is 1.38 bits per heavy atom. The van der Waals surface area contributed by atoms with Gasteiger partial charge in [-0.25, -0.2) is 0 Å². The van der Waals surface area contributed by atoms with Crippen molar-refractivity contribution in [3.05, 3.63) is 6.42 Å². The summed E-state index contributed by atoms with van der Waals surface area (Å²) >= 11 is 0. The molecule has 0 unspecified atom stereocenters. The van der Waals surface area contributed by atoms with Crippen LogP contribution in [-0.4, -0.2) is 0 Å². The third-order valence-electron chi connectivity index (χ3n) is 0.408. The topological polar surface area (TPSA) is 0 Å². The molecule has 0 bridgehead atoms. The zero-order chi connectivity index (χ0) is 3.41. The number of rotatable bonds is 1. The van der Waals surface area contributed by atoms with E-state index in [1.165, 1.54) is 6.42 Å². The molecule has 0 aliphatic carbocycles. The zero-order valence-electron chi connectivity index (χ0n) is 4.57. The zero-order valence-corrected chi connectivity index (χ0v) is 13.8. The van der Waals surface area contributed by atoms with Gasteiger partial charge in [0.2, 0.25) is 0 Å². The van der Waals surface area contributed by atoms with Crippen molar-refractivity contribution in [2.45, 2.75) is 35.1 Å². The average Bonchev–Trinajstić information content (AvgIpc) is 1.37. The van der Waals surface area contributed by atoms with Crippen molar-refractivity contribution < 1.29 is 32.7 Å². The van der Waals surface area contributed by atoms with Gasteiger partial charge in [0.25, 0.3) is 0 Å². The minimum atomic E-state index is 0. The van der Waals surface area contributed by atoms with Gasteiger partial charge in [-0.15, -0.1) is 0 Å². The van der Waals surface area contributed by atoms with Crippen LogP contribution >= 0.6 is 0 Å². The predicted octanol–water partition coefficient (Wildman–Crippen LogP) is 2.89. The molecule has 0 amide bonds. The molecule has 0 N–H and O–H groups in total. The summed E-state index contributed by atoms with van der Waals surface area (Å²) in [7, 11) is 0. The smallest absolute Gasteiger partial charge is 0 e. The van der Waals surface area contributed by atoms with Crippen LogP contribution in [0.25, 0.3) is 0 Å². The molecule has 0 aromatic rings. The van der Waals surface area contributed by atoms with E-state index >= 15 is 0 Å². The van der Waals surface area contributed by atoms with E-state index in [-0.39, 0.29) is 47.6 Å². The van der Waals surface area contributed by atoms with Gasteiger partial charge in [0.1, 0.15) is 0 Å². The van der Waals surface area contributed by atoms with Crippen LogP contribution in [0.4, 0.5) is 0 Å². The van der Waals surface area contributed by atoms with Gasteiger partial charge < -0.3 is 6.42 Å². The quantitative estimate of drug-likeness (QED) is 0.545. The Morgan fingerprint density at radius 1 is 1.25 bits per heavy atom. The summed E-state index contributed by atoms with van der Waals surface area (Å²) in [6, 6.07) is 0. The van der Waals surface area contributed by atoms with Crippen LogP contribution in [0.2, 0.25) is 0 Å². The molecule has 0 nitrogen and oxygen atoms in total. The van der Waals surface area contributed by atoms with E-state index in [2.05, 4.69) is 20.3 Å². The first-order valence-corrected chi connectivity index (χ1v) is 1.69. The number of unbranched alkanes of at least 4 members (excludes halogenated alkanes) is 1. The monoisotopic (exact) mass is 445 g/mol. The molecule has 0 aromatic carbocycles.